The van der Waals surface area contributed by atoms with E-state index in [1.54, 1.807) is 0 Å². The van der Waals surface area contributed by atoms with Gasteiger partial charge in [0.15, 0.2) is 0 Å². The SMILES string of the molecule is Br.N[C@H]1[C@@H]2CC[C@@H](C2)[C@H]1CO. The molecule has 2 nitrogen and oxygen atoms in total. The Kier molecular flexibility index (Phi) is 2.95. The molecule has 0 aliphatic heterocycles. The minimum Gasteiger partial charge on any atom is -0.396 e. The van der Waals surface area contributed by atoms with Crippen LogP contribution in [0, 0.1) is 17.8 Å². The maximum atomic E-state index is 8.98. The van der Waals surface area contributed by atoms with Crippen molar-refractivity contribution in [1.82, 2.24) is 0 Å². The van der Waals surface area contributed by atoms with E-state index in [0.717, 1.165) is 11.8 Å². The smallest absolute Gasteiger partial charge is 0.0476 e. The Morgan fingerprint density at radius 1 is 1.27 bits per heavy atom. The zero-order valence-electron chi connectivity index (χ0n) is 6.57. The fourth-order valence-electron chi connectivity index (χ4n) is 2.73. The predicted octanol–water partition coefficient (Wildman–Crippen LogP) is 0.930. The number of nitrogens with two attached hydrogens (primary N) is 1. The molecule has 2 fully saturated rings. The van der Waals surface area contributed by atoms with Crippen molar-refractivity contribution in [3.63, 3.8) is 0 Å². The highest BCUT2D eigenvalue weighted by atomic mass is 79.9. The minimum atomic E-state index is 0. The van der Waals surface area contributed by atoms with Gasteiger partial charge < -0.3 is 10.8 Å². The van der Waals surface area contributed by atoms with E-state index in [2.05, 4.69) is 0 Å². The highest BCUT2D eigenvalue weighted by molar-refractivity contribution is 8.93. The number of halogens is 1. The molecule has 2 aliphatic carbocycles. The average Bonchev–Trinajstić information content (AvgIpc) is 2.46. The quantitative estimate of drug-likeness (QED) is 0.693. The molecule has 0 aromatic rings. The Morgan fingerprint density at radius 2 is 1.91 bits per heavy atom. The number of aliphatic hydroxyl groups is 1. The molecule has 0 spiro atoms. The summed E-state index contributed by atoms with van der Waals surface area (Å²) in [6, 6.07) is 0.309. The molecule has 0 unspecified atom stereocenters. The third kappa shape index (κ3) is 1.34. The molecule has 2 rings (SSSR count). The number of fused-ring (bicyclic) bond motifs is 2. The Labute approximate surface area is 77.9 Å². The highest BCUT2D eigenvalue weighted by Gasteiger charge is 2.44. The minimum absolute atomic E-state index is 0. The fourth-order valence-corrected chi connectivity index (χ4v) is 2.73. The number of hydrogen-bond acceptors (Lipinski definition) is 2. The van der Waals surface area contributed by atoms with Gasteiger partial charge in [0.1, 0.15) is 0 Å². The second-order valence-corrected chi connectivity index (χ2v) is 3.76. The molecule has 3 N–H and O–H groups in total. The van der Waals surface area contributed by atoms with Crippen LogP contribution in [-0.4, -0.2) is 17.8 Å². The predicted molar refractivity (Wildman–Crippen MR) is 49.7 cm³/mol. The summed E-state index contributed by atoms with van der Waals surface area (Å²) in [4.78, 5) is 0. The van der Waals surface area contributed by atoms with Crippen LogP contribution in [0.5, 0.6) is 0 Å². The van der Waals surface area contributed by atoms with Crippen LogP contribution < -0.4 is 5.73 Å². The Balaban J connectivity index is 0.000000605. The van der Waals surface area contributed by atoms with Gasteiger partial charge in [0.25, 0.3) is 0 Å². The molecule has 3 heteroatoms. The average molecular weight is 222 g/mol. The Hall–Kier alpha value is 0.400. The van der Waals surface area contributed by atoms with Crippen LogP contribution in [0.2, 0.25) is 0 Å². The lowest BCUT2D eigenvalue weighted by molar-refractivity contribution is 0.159. The molecule has 0 saturated heterocycles. The van der Waals surface area contributed by atoms with Gasteiger partial charge in [-0.25, -0.2) is 0 Å². The monoisotopic (exact) mass is 221 g/mol. The number of rotatable bonds is 1. The second-order valence-electron chi connectivity index (χ2n) is 3.76. The van der Waals surface area contributed by atoms with Crippen LogP contribution in [-0.2, 0) is 0 Å². The lowest BCUT2D eigenvalue weighted by atomic mass is 9.86. The van der Waals surface area contributed by atoms with E-state index in [0.29, 0.717) is 18.6 Å². The van der Waals surface area contributed by atoms with Crippen LogP contribution in [0.3, 0.4) is 0 Å². The molecule has 2 aliphatic rings. The third-order valence-electron chi connectivity index (χ3n) is 3.37. The zero-order valence-corrected chi connectivity index (χ0v) is 8.28. The van der Waals surface area contributed by atoms with Gasteiger partial charge in [0.2, 0.25) is 0 Å². The molecule has 2 bridgehead atoms. The van der Waals surface area contributed by atoms with Crippen LogP contribution in [0.25, 0.3) is 0 Å². The van der Waals surface area contributed by atoms with Gasteiger partial charge in [-0.1, -0.05) is 0 Å². The molecule has 0 aromatic heterocycles. The van der Waals surface area contributed by atoms with Crippen LogP contribution in [0.1, 0.15) is 19.3 Å². The summed E-state index contributed by atoms with van der Waals surface area (Å²) < 4.78 is 0. The zero-order chi connectivity index (χ0) is 7.14. The number of hydrogen-bond donors (Lipinski definition) is 2. The van der Waals surface area contributed by atoms with Crippen molar-refractivity contribution in [3.8, 4) is 0 Å². The molecular weight excluding hydrogens is 206 g/mol. The van der Waals surface area contributed by atoms with Crippen LogP contribution in [0.15, 0.2) is 0 Å². The second kappa shape index (κ2) is 3.42. The molecule has 11 heavy (non-hydrogen) atoms. The van der Waals surface area contributed by atoms with Crippen LogP contribution in [0.4, 0.5) is 0 Å². The molecule has 66 valence electrons. The lowest BCUT2D eigenvalue weighted by Gasteiger charge is -2.25. The Bertz CT molecular complexity index is 140. The summed E-state index contributed by atoms with van der Waals surface area (Å²) in [5.41, 5.74) is 5.91. The first-order valence-corrected chi connectivity index (χ1v) is 4.19. The van der Waals surface area contributed by atoms with E-state index in [1.165, 1.54) is 19.3 Å². The molecule has 0 heterocycles. The largest absolute Gasteiger partial charge is 0.396 e. The van der Waals surface area contributed by atoms with Crippen molar-refractivity contribution in [2.45, 2.75) is 25.3 Å². The molecule has 0 radical (unpaired) electrons. The van der Waals surface area contributed by atoms with Crippen molar-refractivity contribution in [2.75, 3.05) is 6.61 Å². The molecule has 0 amide bonds. The maximum absolute atomic E-state index is 8.98. The van der Waals surface area contributed by atoms with Crippen molar-refractivity contribution >= 4 is 17.0 Å². The molecule has 2 saturated carbocycles. The van der Waals surface area contributed by atoms with Crippen molar-refractivity contribution < 1.29 is 5.11 Å². The van der Waals surface area contributed by atoms with Crippen molar-refractivity contribution in [1.29, 1.82) is 0 Å². The first-order valence-electron chi connectivity index (χ1n) is 4.19. The van der Waals surface area contributed by atoms with Crippen molar-refractivity contribution in [3.05, 3.63) is 0 Å². The molecule has 0 aromatic carbocycles. The summed E-state index contributed by atoms with van der Waals surface area (Å²) >= 11 is 0. The fraction of sp³-hybridized carbons (Fsp3) is 1.00. The first-order chi connectivity index (χ1) is 4.83. The van der Waals surface area contributed by atoms with E-state index in [1.807, 2.05) is 0 Å². The topological polar surface area (TPSA) is 46.2 Å². The van der Waals surface area contributed by atoms with E-state index in [4.69, 9.17) is 10.8 Å². The number of aliphatic hydroxyl groups excluding tert-OH is 1. The van der Waals surface area contributed by atoms with E-state index >= 15 is 0 Å². The Morgan fingerprint density at radius 3 is 2.27 bits per heavy atom. The molecule has 4 atom stereocenters. The van der Waals surface area contributed by atoms with E-state index < -0.39 is 0 Å². The van der Waals surface area contributed by atoms with Gasteiger partial charge >= 0.3 is 0 Å². The summed E-state index contributed by atoms with van der Waals surface area (Å²) in [6.07, 6.45) is 3.90. The van der Waals surface area contributed by atoms with Gasteiger partial charge in [-0.05, 0) is 31.1 Å². The molecular formula is C8H16BrNO. The van der Waals surface area contributed by atoms with Gasteiger partial charge in [0.05, 0.1) is 0 Å². The summed E-state index contributed by atoms with van der Waals surface area (Å²) in [6.45, 7) is 0.308. The van der Waals surface area contributed by atoms with Gasteiger partial charge in [-0.15, -0.1) is 17.0 Å². The standard InChI is InChI=1S/C8H15NO.BrH/c9-8-6-2-1-5(3-6)7(8)4-10;/h5-8,10H,1-4,9H2;1H/t5-,6+,7+,8-;/m0./s1. The summed E-state index contributed by atoms with van der Waals surface area (Å²) in [5, 5.41) is 8.98. The highest BCUT2D eigenvalue weighted by Crippen LogP contribution is 2.47. The summed E-state index contributed by atoms with van der Waals surface area (Å²) in [7, 11) is 0. The third-order valence-corrected chi connectivity index (χ3v) is 3.37. The lowest BCUT2D eigenvalue weighted by Crippen LogP contribution is -2.37. The van der Waals surface area contributed by atoms with Crippen LogP contribution >= 0.6 is 17.0 Å². The van der Waals surface area contributed by atoms with Gasteiger partial charge in [0, 0.05) is 18.6 Å². The van der Waals surface area contributed by atoms with E-state index in [-0.39, 0.29) is 17.0 Å². The van der Waals surface area contributed by atoms with Gasteiger partial charge in [-0.3, -0.25) is 0 Å². The first kappa shape index (κ1) is 9.49. The van der Waals surface area contributed by atoms with Gasteiger partial charge in [-0.2, -0.15) is 0 Å². The van der Waals surface area contributed by atoms with E-state index in [9.17, 15) is 0 Å². The van der Waals surface area contributed by atoms with Crippen molar-refractivity contribution in [2.24, 2.45) is 23.5 Å². The normalized spacial score (nSPS) is 47.5. The maximum Gasteiger partial charge on any atom is 0.0476 e. The summed E-state index contributed by atoms with van der Waals surface area (Å²) in [5.74, 6) is 1.92.